The first-order valence-corrected chi connectivity index (χ1v) is 9.04. The van der Waals surface area contributed by atoms with Crippen molar-refractivity contribution in [3.05, 3.63) is 61.0 Å². The van der Waals surface area contributed by atoms with E-state index in [4.69, 9.17) is 16.3 Å². The first kappa shape index (κ1) is 19.5. The van der Waals surface area contributed by atoms with Crippen molar-refractivity contribution in [2.24, 2.45) is 0 Å². The highest BCUT2D eigenvalue weighted by Crippen LogP contribution is 2.34. The van der Waals surface area contributed by atoms with Crippen molar-refractivity contribution in [2.75, 3.05) is 12.4 Å². The summed E-state index contributed by atoms with van der Waals surface area (Å²) >= 11 is 12.8. The topological polar surface area (TPSA) is 62.1 Å². The molecular weight excluding hydrogens is 471 g/mol. The van der Waals surface area contributed by atoms with Crippen LogP contribution in [0.1, 0.15) is 11.1 Å². The van der Waals surface area contributed by atoms with Crippen LogP contribution in [0.15, 0.2) is 44.9 Å². The lowest BCUT2D eigenvalue weighted by Crippen LogP contribution is -2.13. The molecule has 2 aromatic carbocycles. The number of carbonyl (C=O) groups is 1. The fourth-order valence-electron chi connectivity index (χ4n) is 2.08. The fraction of sp³-hybridized carbons (Fsp3) is 0.111. The van der Waals surface area contributed by atoms with Gasteiger partial charge in [0.15, 0.2) is 0 Å². The molecule has 0 bridgehead atoms. The number of methoxy groups -OCH3 is 1. The van der Waals surface area contributed by atoms with Gasteiger partial charge in [-0.05, 0) is 58.8 Å². The van der Waals surface area contributed by atoms with Crippen LogP contribution >= 0.6 is 43.5 Å². The molecule has 1 amide bonds. The van der Waals surface area contributed by atoms with Crippen molar-refractivity contribution in [2.45, 2.75) is 6.92 Å². The van der Waals surface area contributed by atoms with Crippen molar-refractivity contribution in [1.82, 2.24) is 0 Å². The van der Waals surface area contributed by atoms with Gasteiger partial charge in [-0.25, -0.2) is 0 Å². The van der Waals surface area contributed by atoms with Crippen LogP contribution in [0.2, 0.25) is 5.02 Å². The summed E-state index contributed by atoms with van der Waals surface area (Å²) < 4.78 is 6.83. The molecule has 0 spiro atoms. The van der Waals surface area contributed by atoms with Gasteiger partial charge in [0.25, 0.3) is 5.91 Å². The zero-order valence-electron chi connectivity index (χ0n) is 13.4. The molecule has 0 heterocycles. The number of nitriles is 1. The maximum absolute atomic E-state index is 12.4. The Balaban J connectivity index is 2.36. The van der Waals surface area contributed by atoms with Crippen LogP contribution in [0.25, 0.3) is 6.08 Å². The highest BCUT2D eigenvalue weighted by molar-refractivity contribution is 9.11. The Morgan fingerprint density at radius 2 is 2.04 bits per heavy atom. The smallest absolute Gasteiger partial charge is 0.266 e. The molecule has 7 heteroatoms. The van der Waals surface area contributed by atoms with E-state index in [0.29, 0.717) is 26.5 Å². The number of nitrogens with zero attached hydrogens (tertiary/aromatic N) is 1. The van der Waals surface area contributed by atoms with Crippen LogP contribution in [-0.2, 0) is 4.79 Å². The van der Waals surface area contributed by atoms with Crippen LogP contribution in [0.5, 0.6) is 5.75 Å². The number of aryl methyl sites for hydroxylation is 1. The van der Waals surface area contributed by atoms with Crippen LogP contribution in [0, 0.1) is 18.3 Å². The third kappa shape index (κ3) is 4.85. The fourth-order valence-corrected chi connectivity index (χ4v) is 3.68. The standard InChI is InChI=1S/C18H13Br2ClN2O2/c1-10-3-4-14(8-16(10)21)23-18(24)12(9-22)5-11-6-13(19)7-15(20)17(11)25-2/h3-8H,1-2H3,(H,23,24)/b12-5+. The molecule has 4 nitrogen and oxygen atoms in total. The first-order valence-electron chi connectivity index (χ1n) is 7.08. The molecular formula is C18H13Br2ClN2O2. The number of carbonyl (C=O) groups excluding carboxylic acids is 1. The number of rotatable bonds is 4. The Morgan fingerprint density at radius 1 is 1.32 bits per heavy atom. The minimum atomic E-state index is -0.527. The van der Waals surface area contributed by atoms with E-state index < -0.39 is 5.91 Å². The van der Waals surface area contributed by atoms with Gasteiger partial charge in [-0.3, -0.25) is 4.79 Å². The molecule has 0 aliphatic rings. The summed E-state index contributed by atoms with van der Waals surface area (Å²) in [7, 11) is 1.52. The molecule has 0 saturated carbocycles. The van der Waals surface area contributed by atoms with E-state index in [2.05, 4.69) is 37.2 Å². The summed E-state index contributed by atoms with van der Waals surface area (Å²) in [5.41, 5.74) is 1.96. The molecule has 2 aromatic rings. The second kappa shape index (κ2) is 8.52. The maximum atomic E-state index is 12.4. The van der Waals surface area contributed by atoms with Crippen LogP contribution in [-0.4, -0.2) is 13.0 Å². The summed E-state index contributed by atoms with van der Waals surface area (Å²) in [4.78, 5) is 12.4. The minimum Gasteiger partial charge on any atom is -0.495 e. The average molecular weight is 485 g/mol. The van der Waals surface area contributed by atoms with E-state index in [1.54, 1.807) is 24.3 Å². The SMILES string of the molecule is COc1c(Br)cc(Br)cc1/C=C(\C#N)C(=O)Nc1ccc(C)c(Cl)c1. The summed E-state index contributed by atoms with van der Waals surface area (Å²) in [6, 6.07) is 10.7. The number of halogens is 3. The van der Waals surface area contributed by atoms with Gasteiger partial charge in [0.2, 0.25) is 0 Å². The molecule has 0 saturated heterocycles. The predicted molar refractivity (Wildman–Crippen MR) is 107 cm³/mol. The summed E-state index contributed by atoms with van der Waals surface area (Å²) in [6.45, 7) is 1.87. The van der Waals surface area contributed by atoms with Gasteiger partial charge < -0.3 is 10.1 Å². The number of benzene rings is 2. The van der Waals surface area contributed by atoms with Crippen molar-refractivity contribution in [1.29, 1.82) is 5.26 Å². The Bertz CT molecular complexity index is 905. The van der Waals surface area contributed by atoms with Gasteiger partial charge in [0.1, 0.15) is 17.4 Å². The second-order valence-electron chi connectivity index (χ2n) is 5.10. The number of ether oxygens (including phenoxy) is 1. The zero-order valence-corrected chi connectivity index (χ0v) is 17.3. The van der Waals surface area contributed by atoms with Crippen molar-refractivity contribution in [3.8, 4) is 11.8 Å². The molecule has 0 aliphatic carbocycles. The monoisotopic (exact) mass is 482 g/mol. The van der Waals surface area contributed by atoms with E-state index in [1.807, 2.05) is 19.1 Å². The van der Waals surface area contributed by atoms with Crippen LogP contribution < -0.4 is 10.1 Å². The molecule has 0 aliphatic heterocycles. The predicted octanol–water partition coefficient (Wildman–Crippen LogP) is 5.73. The molecule has 0 atom stereocenters. The summed E-state index contributed by atoms with van der Waals surface area (Å²) in [5.74, 6) is 0.00250. The third-order valence-corrected chi connectivity index (χ3v) is 4.79. The van der Waals surface area contributed by atoms with Crippen molar-refractivity contribution < 1.29 is 9.53 Å². The number of amides is 1. The normalized spacial score (nSPS) is 11.0. The minimum absolute atomic E-state index is 0.0556. The number of nitrogens with one attached hydrogen (secondary N) is 1. The quantitative estimate of drug-likeness (QED) is 0.446. The van der Waals surface area contributed by atoms with Gasteiger partial charge in [-0.15, -0.1) is 0 Å². The Hall–Kier alpha value is -1.81. The molecule has 128 valence electrons. The van der Waals surface area contributed by atoms with E-state index in [-0.39, 0.29) is 5.57 Å². The van der Waals surface area contributed by atoms with Gasteiger partial charge in [-0.1, -0.05) is 33.6 Å². The molecule has 0 unspecified atom stereocenters. The van der Waals surface area contributed by atoms with Gasteiger partial charge in [0.05, 0.1) is 11.6 Å². The highest BCUT2D eigenvalue weighted by atomic mass is 79.9. The highest BCUT2D eigenvalue weighted by Gasteiger charge is 2.14. The summed E-state index contributed by atoms with van der Waals surface area (Å²) in [5, 5.41) is 12.6. The van der Waals surface area contributed by atoms with Crippen molar-refractivity contribution >= 4 is 61.1 Å². The van der Waals surface area contributed by atoms with E-state index in [0.717, 1.165) is 10.0 Å². The van der Waals surface area contributed by atoms with Crippen LogP contribution in [0.4, 0.5) is 5.69 Å². The summed E-state index contributed by atoms with van der Waals surface area (Å²) in [6.07, 6.45) is 1.47. The average Bonchev–Trinajstić information content (AvgIpc) is 2.55. The second-order valence-corrected chi connectivity index (χ2v) is 7.28. The van der Waals surface area contributed by atoms with Crippen molar-refractivity contribution in [3.63, 3.8) is 0 Å². The van der Waals surface area contributed by atoms with E-state index in [1.165, 1.54) is 13.2 Å². The van der Waals surface area contributed by atoms with Crippen LogP contribution in [0.3, 0.4) is 0 Å². The molecule has 1 N–H and O–H groups in total. The molecule has 0 aromatic heterocycles. The maximum Gasteiger partial charge on any atom is 0.266 e. The number of hydrogen-bond donors (Lipinski definition) is 1. The van der Waals surface area contributed by atoms with Gasteiger partial charge >= 0.3 is 0 Å². The Labute approximate surface area is 167 Å². The Morgan fingerprint density at radius 3 is 2.64 bits per heavy atom. The molecule has 0 radical (unpaired) electrons. The third-order valence-electron chi connectivity index (χ3n) is 3.34. The lowest BCUT2D eigenvalue weighted by atomic mass is 10.1. The largest absolute Gasteiger partial charge is 0.495 e. The number of hydrogen-bond acceptors (Lipinski definition) is 3. The van der Waals surface area contributed by atoms with Gasteiger partial charge in [-0.2, -0.15) is 5.26 Å². The Kier molecular flexibility index (Phi) is 6.65. The molecule has 25 heavy (non-hydrogen) atoms. The first-order chi connectivity index (χ1) is 11.8. The zero-order chi connectivity index (χ0) is 18.6. The molecule has 0 fully saturated rings. The van der Waals surface area contributed by atoms with E-state index in [9.17, 15) is 10.1 Å². The molecule has 2 rings (SSSR count). The lowest BCUT2D eigenvalue weighted by Gasteiger charge is -2.10. The van der Waals surface area contributed by atoms with Gasteiger partial charge in [0, 0.05) is 20.7 Å². The lowest BCUT2D eigenvalue weighted by molar-refractivity contribution is -0.112. The number of anilines is 1. The van der Waals surface area contributed by atoms with E-state index >= 15 is 0 Å².